The topological polar surface area (TPSA) is 85.0 Å². The molecule has 0 aliphatic rings. The molecule has 0 bridgehead atoms. The van der Waals surface area contributed by atoms with Crippen molar-refractivity contribution in [2.45, 2.75) is 13.5 Å². The van der Waals surface area contributed by atoms with E-state index in [1.54, 1.807) is 28.2 Å². The van der Waals surface area contributed by atoms with Gasteiger partial charge in [-0.3, -0.25) is 4.79 Å². The molecule has 0 aliphatic carbocycles. The van der Waals surface area contributed by atoms with Crippen LogP contribution in [0.25, 0.3) is 0 Å². The predicted molar refractivity (Wildman–Crippen MR) is 72.7 cm³/mol. The second kappa shape index (κ2) is 6.35. The summed E-state index contributed by atoms with van der Waals surface area (Å²) < 4.78 is 0. The highest BCUT2D eigenvalue weighted by Gasteiger charge is 2.18. The van der Waals surface area contributed by atoms with Gasteiger partial charge in [0.05, 0.1) is 12.1 Å². The Balaban J connectivity index is 2.11. The molecule has 2 aromatic rings. The van der Waals surface area contributed by atoms with E-state index in [0.717, 1.165) is 5.56 Å². The van der Waals surface area contributed by atoms with Gasteiger partial charge in [0, 0.05) is 30.9 Å². The van der Waals surface area contributed by atoms with Crippen molar-refractivity contribution in [1.82, 2.24) is 19.9 Å². The van der Waals surface area contributed by atoms with Crippen LogP contribution in [-0.2, 0) is 6.54 Å². The number of thiazole rings is 1. The van der Waals surface area contributed by atoms with Gasteiger partial charge in [0.15, 0.2) is 0 Å². The van der Waals surface area contributed by atoms with Gasteiger partial charge in [0.1, 0.15) is 11.5 Å². The van der Waals surface area contributed by atoms with Crippen molar-refractivity contribution >= 4 is 17.2 Å². The van der Waals surface area contributed by atoms with Gasteiger partial charge in [0.25, 0.3) is 5.91 Å². The maximum atomic E-state index is 12.2. The summed E-state index contributed by atoms with van der Waals surface area (Å²) in [5.74, 6) is 0.457. The third-order valence-corrected chi connectivity index (χ3v) is 3.09. The monoisotopic (exact) mass is 277 g/mol. The lowest BCUT2D eigenvalue weighted by atomic mass is 10.3. The summed E-state index contributed by atoms with van der Waals surface area (Å²) in [4.78, 5) is 26.3. The first-order chi connectivity index (χ1) is 9.20. The Bertz CT molecular complexity index is 526. The molecule has 0 saturated heterocycles. The molecule has 0 aromatic carbocycles. The summed E-state index contributed by atoms with van der Waals surface area (Å²) in [5.41, 5.74) is 8.60. The van der Waals surface area contributed by atoms with Gasteiger partial charge in [-0.05, 0) is 12.5 Å². The lowest BCUT2D eigenvalue weighted by Gasteiger charge is -2.20. The van der Waals surface area contributed by atoms with E-state index in [9.17, 15) is 4.79 Å². The van der Waals surface area contributed by atoms with Crippen LogP contribution < -0.4 is 5.73 Å². The number of carbonyl (C=O) groups is 1. The van der Waals surface area contributed by atoms with E-state index >= 15 is 0 Å². The maximum Gasteiger partial charge on any atom is 0.273 e. The van der Waals surface area contributed by atoms with Gasteiger partial charge in [-0.15, -0.1) is 11.3 Å². The first kappa shape index (κ1) is 13.6. The van der Waals surface area contributed by atoms with Crippen molar-refractivity contribution < 1.29 is 4.79 Å². The Kier molecular flexibility index (Phi) is 4.53. The van der Waals surface area contributed by atoms with Crippen molar-refractivity contribution in [2.24, 2.45) is 5.73 Å². The van der Waals surface area contributed by atoms with Crippen LogP contribution in [-0.4, -0.2) is 38.8 Å². The van der Waals surface area contributed by atoms with Gasteiger partial charge in [-0.2, -0.15) is 0 Å². The van der Waals surface area contributed by atoms with Crippen LogP contribution in [0.4, 0.5) is 0 Å². The Morgan fingerprint density at radius 3 is 2.68 bits per heavy atom. The molecule has 2 rings (SSSR count). The number of amides is 1. The second-order valence-corrected chi connectivity index (χ2v) is 4.78. The number of hydrogen-bond donors (Lipinski definition) is 1. The molecule has 2 heterocycles. The zero-order valence-corrected chi connectivity index (χ0v) is 11.4. The summed E-state index contributed by atoms with van der Waals surface area (Å²) in [6, 6.07) is 0. The van der Waals surface area contributed by atoms with Gasteiger partial charge in [-0.25, -0.2) is 15.0 Å². The number of carbonyl (C=O) groups excluding carboxylic acids is 1. The molecule has 6 nitrogen and oxygen atoms in total. The quantitative estimate of drug-likeness (QED) is 0.875. The Hall–Kier alpha value is -1.86. The lowest BCUT2D eigenvalue weighted by molar-refractivity contribution is 0.0739. The molecule has 0 spiro atoms. The largest absolute Gasteiger partial charge is 0.329 e. The molecule has 0 atom stereocenters. The van der Waals surface area contributed by atoms with E-state index < -0.39 is 0 Å². The zero-order valence-electron chi connectivity index (χ0n) is 10.6. The molecule has 0 unspecified atom stereocenters. The third kappa shape index (κ3) is 3.55. The van der Waals surface area contributed by atoms with Crippen LogP contribution in [0.3, 0.4) is 0 Å². The summed E-state index contributed by atoms with van der Waals surface area (Å²) in [6.07, 6.45) is 3.46. The minimum absolute atomic E-state index is 0.143. The van der Waals surface area contributed by atoms with Crippen molar-refractivity contribution in [3.8, 4) is 0 Å². The number of nitrogens with zero attached hydrogens (tertiary/aromatic N) is 4. The third-order valence-electron chi connectivity index (χ3n) is 2.50. The molecule has 0 fully saturated rings. The number of aromatic nitrogens is 3. The maximum absolute atomic E-state index is 12.2. The fourth-order valence-corrected chi connectivity index (χ4v) is 2.09. The number of hydrogen-bond acceptors (Lipinski definition) is 6. The molecular formula is C12H15N5OS. The van der Waals surface area contributed by atoms with Crippen molar-refractivity contribution in [2.75, 3.05) is 13.1 Å². The highest BCUT2D eigenvalue weighted by Crippen LogP contribution is 2.08. The highest BCUT2D eigenvalue weighted by molar-refractivity contribution is 7.07. The van der Waals surface area contributed by atoms with E-state index in [0.29, 0.717) is 31.2 Å². The average Bonchev–Trinajstić information content (AvgIpc) is 2.94. The molecule has 7 heteroatoms. The summed E-state index contributed by atoms with van der Waals surface area (Å²) in [5, 5.41) is 1.72. The summed E-state index contributed by atoms with van der Waals surface area (Å²) in [7, 11) is 0. The van der Waals surface area contributed by atoms with E-state index in [4.69, 9.17) is 5.73 Å². The van der Waals surface area contributed by atoms with Gasteiger partial charge in [-0.1, -0.05) is 0 Å². The number of rotatable bonds is 5. The summed E-state index contributed by atoms with van der Waals surface area (Å²) >= 11 is 1.39. The standard InChI is InChI=1S/C12H15N5OS/c1-9-4-14-11(15-5-9)6-17(3-2-13)12(18)10-7-19-8-16-10/h4-5,7-8H,2-3,6,13H2,1H3. The van der Waals surface area contributed by atoms with Crippen LogP contribution in [0, 0.1) is 6.92 Å². The van der Waals surface area contributed by atoms with Crippen LogP contribution in [0.1, 0.15) is 21.9 Å². The van der Waals surface area contributed by atoms with Crippen LogP contribution in [0.15, 0.2) is 23.3 Å². The first-order valence-corrected chi connectivity index (χ1v) is 6.80. The first-order valence-electron chi connectivity index (χ1n) is 5.85. The highest BCUT2D eigenvalue weighted by atomic mass is 32.1. The normalized spacial score (nSPS) is 10.4. The van der Waals surface area contributed by atoms with Crippen molar-refractivity contribution in [3.05, 3.63) is 40.4 Å². The number of nitrogens with two attached hydrogens (primary N) is 1. The predicted octanol–water partition coefficient (Wildman–Crippen LogP) is 0.843. The van der Waals surface area contributed by atoms with E-state index in [1.165, 1.54) is 11.3 Å². The smallest absolute Gasteiger partial charge is 0.273 e. The molecule has 0 radical (unpaired) electrons. The molecule has 1 amide bonds. The number of aryl methyl sites for hydroxylation is 1. The lowest BCUT2D eigenvalue weighted by Crippen LogP contribution is -2.35. The van der Waals surface area contributed by atoms with Crippen molar-refractivity contribution in [1.29, 1.82) is 0 Å². The fourth-order valence-electron chi connectivity index (χ4n) is 1.56. The second-order valence-electron chi connectivity index (χ2n) is 4.07. The SMILES string of the molecule is Cc1cnc(CN(CCN)C(=O)c2cscn2)nc1. The van der Waals surface area contributed by atoms with E-state index in [-0.39, 0.29) is 5.91 Å². The van der Waals surface area contributed by atoms with Crippen LogP contribution in [0.2, 0.25) is 0 Å². The minimum atomic E-state index is -0.143. The minimum Gasteiger partial charge on any atom is -0.329 e. The molecule has 0 aliphatic heterocycles. The Labute approximate surface area is 115 Å². The average molecular weight is 277 g/mol. The van der Waals surface area contributed by atoms with Crippen LogP contribution in [0.5, 0.6) is 0 Å². The molecule has 2 N–H and O–H groups in total. The zero-order chi connectivity index (χ0) is 13.7. The fraction of sp³-hybridized carbons (Fsp3) is 0.333. The van der Waals surface area contributed by atoms with E-state index in [1.807, 2.05) is 6.92 Å². The summed E-state index contributed by atoms with van der Waals surface area (Å²) in [6.45, 7) is 3.10. The Morgan fingerprint density at radius 1 is 1.37 bits per heavy atom. The molecule has 2 aromatic heterocycles. The van der Waals surface area contributed by atoms with Crippen molar-refractivity contribution in [3.63, 3.8) is 0 Å². The molecular weight excluding hydrogens is 262 g/mol. The molecule has 19 heavy (non-hydrogen) atoms. The van der Waals surface area contributed by atoms with E-state index in [2.05, 4.69) is 15.0 Å². The van der Waals surface area contributed by atoms with Gasteiger partial charge >= 0.3 is 0 Å². The van der Waals surface area contributed by atoms with Gasteiger partial charge < -0.3 is 10.6 Å². The van der Waals surface area contributed by atoms with Gasteiger partial charge in [0.2, 0.25) is 0 Å². The molecule has 0 saturated carbocycles. The molecule has 100 valence electrons. The Morgan fingerprint density at radius 2 is 2.11 bits per heavy atom. The van der Waals surface area contributed by atoms with Crippen LogP contribution >= 0.6 is 11.3 Å².